The molecule has 2 aromatic rings. The van der Waals surface area contributed by atoms with Crippen molar-refractivity contribution in [1.82, 2.24) is 19.5 Å². The lowest BCUT2D eigenvalue weighted by atomic mass is 10.2. The van der Waals surface area contributed by atoms with Gasteiger partial charge < -0.3 is 20.7 Å². The molecule has 3 rings (SSSR count). The number of hydrogen-bond donors (Lipinski definition) is 4. The summed E-state index contributed by atoms with van der Waals surface area (Å²) in [6.07, 6.45) is -1.38. The Morgan fingerprint density at radius 1 is 1.48 bits per heavy atom. The fourth-order valence-corrected chi connectivity index (χ4v) is 2.41. The highest BCUT2D eigenvalue weighted by atomic mass is 16.5. The van der Waals surface area contributed by atoms with Crippen LogP contribution in [-0.4, -0.2) is 48.5 Å². The van der Waals surface area contributed by atoms with E-state index in [9.17, 15) is 14.7 Å². The predicted octanol–water partition coefficient (Wildman–Crippen LogP) is -2.30. The van der Waals surface area contributed by atoms with Crippen molar-refractivity contribution in [3.05, 3.63) is 27.2 Å². The van der Waals surface area contributed by atoms with Crippen LogP contribution in [0.5, 0.6) is 0 Å². The van der Waals surface area contributed by atoms with Crippen LogP contribution in [0, 0.1) is 0 Å². The van der Waals surface area contributed by atoms with Crippen LogP contribution >= 0.6 is 0 Å². The second kappa shape index (κ2) is 4.91. The molecule has 3 heterocycles. The Kier molecular flexibility index (Phi) is 3.20. The van der Waals surface area contributed by atoms with Crippen molar-refractivity contribution >= 4 is 16.9 Å². The van der Waals surface area contributed by atoms with Gasteiger partial charge in [0.1, 0.15) is 29.9 Å². The molecule has 5 N–H and O–H groups in total. The molecule has 0 spiro atoms. The molecule has 0 bridgehead atoms. The number of aromatic amines is 1. The fraction of sp³-hybridized carbons (Fsp3) is 0.455. The normalized spacial score (nSPS) is 25.5. The third kappa shape index (κ3) is 2.09. The van der Waals surface area contributed by atoms with E-state index in [1.807, 2.05) is 0 Å². The van der Waals surface area contributed by atoms with Crippen molar-refractivity contribution in [2.45, 2.75) is 24.9 Å². The smallest absolute Gasteiger partial charge is 0.332 e. The van der Waals surface area contributed by atoms with Crippen molar-refractivity contribution in [3.8, 4) is 0 Å². The Labute approximate surface area is 116 Å². The first kappa shape index (κ1) is 13.7. The summed E-state index contributed by atoms with van der Waals surface area (Å²) in [4.78, 5) is 33.6. The molecule has 1 saturated heterocycles. The van der Waals surface area contributed by atoms with E-state index < -0.39 is 29.7 Å². The molecule has 0 aromatic carbocycles. The number of aliphatic hydroxyl groups excluding tert-OH is 2. The number of H-pyrrole nitrogens is 1. The molecule has 0 unspecified atom stereocenters. The van der Waals surface area contributed by atoms with Crippen LogP contribution in [0.3, 0.4) is 0 Å². The molecule has 0 aliphatic carbocycles. The monoisotopic (exact) mass is 295 g/mol. The van der Waals surface area contributed by atoms with Crippen LogP contribution < -0.4 is 17.0 Å². The Hall–Kier alpha value is -2.30. The van der Waals surface area contributed by atoms with Gasteiger partial charge in [-0.2, -0.15) is 0 Å². The lowest BCUT2D eigenvalue weighted by molar-refractivity contribution is -0.0445. The Morgan fingerprint density at radius 2 is 2.24 bits per heavy atom. The Bertz CT molecular complexity index is 800. The molecular formula is C11H13N5O5. The first-order chi connectivity index (χ1) is 10.0. The number of aromatic nitrogens is 4. The number of fused-ring (bicyclic) bond motifs is 1. The maximum Gasteiger partial charge on any atom is 0.332 e. The van der Waals surface area contributed by atoms with Crippen LogP contribution in [0.15, 0.2) is 15.9 Å². The number of anilines is 1. The quantitative estimate of drug-likeness (QED) is 0.482. The number of hydrogen-bond acceptors (Lipinski definition) is 8. The van der Waals surface area contributed by atoms with E-state index in [1.165, 1.54) is 0 Å². The molecule has 0 radical (unpaired) electrons. The van der Waals surface area contributed by atoms with E-state index in [0.717, 1.165) is 10.9 Å². The van der Waals surface area contributed by atoms with Crippen molar-refractivity contribution in [1.29, 1.82) is 0 Å². The average molecular weight is 295 g/mol. The van der Waals surface area contributed by atoms with E-state index in [-0.39, 0.29) is 29.9 Å². The van der Waals surface area contributed by atoms with E-state index in [2.05, 4.69) is 15.0 Å². The lowest BCUT2D eigenvalue weighted by Gasteiger charge is -2.16. The molecule has 10 nitrogen and oxygen atoms in total. The number of aliphatic hydroxyl groups is 2. The number of nitrogens with zero attached hydrogens (tertiary/aromatic N) is 3. The third-order valence-electron chi connectivity index (χ3n) is 3.42. The van der Waals surface area contributed by atoms with Gasteiger partial charge in [-0.25, -0.2) is 14.8 Å². The van der Waals surface area contributed by atoms with Crippen LogP contribution in [0.2, 0.25) is 0 Å². The van der Waals surface area contributed by atoms with Gasteiger partial charge in [0.2, 0.25) is 0 Å². The fourth-order valence-electron chi connectivity index (χ4n) is 2.41. The highest BCUT2D eigenvalue weighted by molar-refractivity contribution is 5.84. The third-order valence-corrected chi connectivity index (χ3v) is 3.42. The van der Waals surface area contributed by atoms with Crippen LogP contribution in [0.4, 0.5) is 5.82 Å². The summed E-state index contributed by atoms with van der Waals surface area (Å²) in [5.41, 5.74) is 4.23. The molecule has 0 amide bonds. The standard InChI is InChI=1S/C11H13N5O5/c12-8-7-9(14-3-13-8)16(11(20)15-10(7)19)6-1-4(18)5(2-17)21-6/h3-6,17-18H,1-2H2,(H2,12,13,14)(H,15,19,20)/t4-,5+,6+/m0/s1. The van der Waals surface area contributed by atoms with E-state index in [1.54, 1.807) is 0 Å². The summed E-state index contributed by atoms with van der Waals surface area (Å²) in [5, 5.41) is 18.8. The Balaban J connectivity index is 2.22. The summed E-state index contributed by atoms with van der Waals surface area (Å²) in [5.74, 6) is -0.0627. The minimum Gasteiger partial charge on any atom is -0.394 e. The van der Waals surface area contributed by atoms with Crippen molar-refractivity contribution in [2.24, 2.45) is 0 Å². The minimum atomic E-state index is -0.923. The predicted molar refractivity (Wildman–Crippen MR) is 70.5 cm³/mol. The number of nitrogens with one attached hydrogen (secondary N) is 1. The summed E-state index contributed by atoms with van der Waals surface area (Å²) in [7, 11) is 0. The average Bonchev–Trinajstić information content (AvgIpc) is 2.79. The van der Waals surface area contributed by atoms with Gasteiger partial charge in [-0.3, -0.25) is 14.3 Å². The largest absolute Gasteiger partial charge is 0.394 e. The first-order valence-electron chi connectivity index (χ1n) is 6.22. The van der Waals surface area contributed by atoms with Crippen molar-refractivity contribution in [2.75, 3.05) is 12.3 Å². The van der Waals surface area contributed by atoms with Gasteiger partial charge in [-0.15, -0.1) is 0 Å². The second-order valence-electron chi connectivity index (χ2n) is 4.70. The van der Waals surface area contributed by atoms with Crippen LogP contribution in [0.25, 0.3) is 11.0 Å². The highest BCUT2D eigenvalue weighted by Crippen LogP contribution is 2.29. The molecule has 2 aromatic heterocycles. The van der Waals surface area contributed by atoms with Crippen LogP contribution in [0.1, 0.15) is 12.6 Å². The zero-order valence-electron chi connectivity index (χ0n) is 10.8. The number of nitrogens with two attached hydrogens (primary N) is 1. The summed E-state index contributed by atoms with van der Waals surface area (Å²) >= 11 is 0. The number of nitrogen functional groups attached to an aromatic ring is 1. The van der Waals surface area contributed by atoms with E-state index >= 15 is 0 Å². The molecule has 10 heteroatoms. The van der Waals surface area contributed by atoms with Crippen LogP contribution in [-0.2, 0) is 4.74 Å². The number of rotatable bonds is 2. The van der Waals surface area contributed by atoms with Gasteiger partial charge in [0, 0.05) is 6.42 Å². The summed E-state index contributed by atoms with van der Waals surface area (Å²) in [6, 6.07) is 0. The Morgan fingerprint density at radius 3 is 2.90 bits per heavy atom. The summed E-state index contributed by atoms with van der Waals surface area (Å²) < 4.78 is 6.51. The molecule has 3 atom stereocenters. The maximum atomic E-state index is 12.0. The first-order valence-corrected chi connectivity index (χ1v) is 6.22. The molecule has 0 saturated carbocycles. The van der Waals surface area contributed by atoms with Gasteiger partial charge >= 0.3 is 5.69 Å². The molecule has 21 heavy (non-hydrogen) atoms. The van der Waals surface area contributed by atoms with Gasteiger partial charge in [-0.1, -0.05) is 0 Å². The van der Waals surface area contributed by atoms with E-state index in [0.29, 0.717) is 0 Å². The minimum absolute atomic E-state index is 0.0204. The van der Waals surface area contributed by atoms with Gasteiger partial charge in [0.15, 0.2) is 5.65 Å². The molecular weight excluding hydrogens is 282 g/mol. The zero-order chi connectivity index (χ0) is 15.1. The maximum absolute atomic E-state index is 12.0. The van der Waals surface area contributed by atoms with Gasteiger partial charge in [0.05, 0.1) is 12.7 Å². The summed E-state index contributed by atoms with van der Waals surface area (Å²) in [6.45, 7) is -0.384. The van der Waals surface area contributed by atoms with Crippen molar-refractivity contribution in [3.63, 3.8) is 0 Å². The van der Waals surface area contributed by atoms with E-state index in [4.69, 9.17) is 15.6 Å². The van der Waals surface area contributed by atoms with Gasteiger partial charge in [-0.05, 0) is 0 Å². The molecule has 1 aliphatic heterocycles. The topological polar surface area (TPSA) is 156 Å². The van der Waals surface area contributed by atoms with Crippen molar-refractivity contribution < 1.29 is 14.9 Å². The molecule has 112 valence electrons. The zero-order valence-corrected chi connectivity index (χ0v) is 10.8. The molecule has 1 aliphatic rings. The SMILES string of the molecule is Nc1ncnc2c1c(=O)[nH]c(=O)n2[C@H]1C[C@H](O)[C@@H](CO)O1. The van der Waals surface area contributed by atoms with Gasteiger partial charge in [0.25, 0.3) is 5.56 Å². The highest BCUT2D eigenvalue weighted by Gasteiger charge is 2.36. The lowest BCUT2D eigenvalue weighted by Crippen LogP contribution is -2.34. The second-order valence-corrected chi connectivity index (χ2v) is 4.70. The molecule has 1 fully saturated rings. The number of ether oxygens (including phenoxy) is 1.